The smallest absolute Gasteiger partial charge is 0.407 e. The van der Waals surface area contributed by atoms with Crippen molar-refractivity contribution in [2.24, 2.45) is 0 Å². The summed E-state index contributed by atoms with van der Waals surface area (Å²) in [6, 6.07) is 4.96. The van der Waals surface area contributed by atoms with Crippen molar-refractivity contribution >= 4 is 27.4 Å². The topological polar surface area (TPSA) is 118 Å². The number of nitrogens with zero attached hydrogens (tertiary/aromatic N) is 2. The van der Waals surface area contributed by atoms with Gasteiger partial charge in [-0.2, -0.15) is 0 Å². The van der Waals surface area contributed by atoms with Gasteiger partial charge in [0.1, 0.15) is 18.0 Å². The SMILES string of the molecule is C#COc1c(OC2CCN(C(=O)O)CC2)ccnc1Nc1ccc(S(C)(=O)=O)cc1F. The molecule has 1 amide bonds. The van der Waals surface area contributed by atoms with E-state index >= 15 is 0 Å². The number of hydrogen-bond donors (Lipinski definition) is 2. The van der Waals surface area contributed by atoms with E-state index in [4.69, 9.17) is 21.0 Å². The van der Waals surface area contributed by atoms with Gasteiger partial charge in [0.2, 0.25) is 5.75 Å². The summed E-state index contributed by atoms with van der Waals surface area (Å²) in [6.45, 7) is 0.666. The van der Waals surface area contributed by atoms with Crippen LogP contribution in [-0.2, 0) is 9.84 Å². The highest BCUT2D eigenvalue weighted by atomic mass is 32.2. The molecule has 2 N–H and O–H groups in total. The number of nitrogens with one attached hydrogen (secondary N) is 1. The largest absolute Gasteiger partial charge is 0.486 e. The second kappa shape index (κ2) is 9.09. The molecule has 164 valence electrons. The summed E-state index contributed by atoms with van der Waals surface area (Å²) in [5, 5.41) is 11.8. The fourth-order valence-electron chi connectivity index (χ4n) is 3.07. The molecule has 0 unspecified atom stereocenters. The van der Waals surface area contributed by atoms with Crippen molar-refractivity contribution in [3.8, 4) is 24.0 Å². The Morgan fingerprint density at radius 1 is 1.35 bits per heavy atom. The third-order valence-corrected chi connectivity index (χ3v) is 5.77. The minimum absolute atomic E-state index is 0.0336. The molecule has 9 nitrogen and oxygen atoms in total. The number of rotatable bonds is 6. The maximum Gasteiger partial charge on any atom is 0.407 e. The van der Waals surface area contributed by atoms with Crippen LogP contribution in [0.15, 0.2) is 35.4 Å². The summed E-state index contributed by atoms with van der Waals surface area (Å²) in [5.41, 5.74) is -0.0336. The number of amides is 1. The lowest BCUT2D eigenvalue weighted by Crippen LogP contribution is -2.41. The zero-order valence-corrected chi connectivity index (χ0v) is 17.4. The molecule has 31 heavy (non-hydrogen) atoms. The molecule has 1 fully saturated rings. The van der Waals surface area contributed by atoms with Gasteiger partial charge in [-0.05, 0) is 18.2 Å². The zero-order valence-electron chi connectivity index (χ0n) is 16.5. The third kappa shape index (κ3) is 5.35. The summed E-state index contributed by atoms with van der Waals surface area (Å²) < 4.78 is 48.8. The molecule has 3 rings (SSSR count). The van der Waals surface area contributed by atoms with E-state index in [2.05, 4.69) is 10.3 Å². The zero-order chi connectivity index (χ0) is 22.6. The molecule has 0 radical (unpaired) electrons. The van der Waals surface area contributed by atoms with Crippen molar-refractivity contribution in [1.29, 1.82) is 0 Å². The van der Waals surface area contributed by atoms with Crippen LogP contribution in [0.4, 0.5) is 20.7 Å². The Labute approximate surface area is 178 Å². The molecule has 1 aliphatic heterocycles. The first-order valence-electron chi connectivity index (χ1n) is 9.21. The Bertz CT molecular complexity index is 1120. The van der Waals surface area contributed by atoms with Crippen LogP contribution in [0.1, 0.15) is 12.8 Å². The first-order valence-corrected chi connectivity index (χ1v) is 11.1. The average molecular weight is 449 g/mol. The molecule has 11 heteroatoms. The lowest BCUT2D eigenvalue weighted by Gasteiger charge is -2.30. The molecule has 0 saturated carbocycles. The molecule has 0 atom stereocenters. The molecule has 1 aliphatic rings. The maximum absolute atomic E-state index is 14.4. The van der Waals surface area contributed by atoms with Gasteiger partial charge in [0.15, 0.2) is 21.4 Å². The van der Waals surface area contributed by atoms with Gasteiger partial charge in [0.05, 0.1) is 10.6 Å². The van der Waals surface area contributed by atoms with Gasteiger partial charge in [0.25, 0.3) is 0 Å². The van der Waals surface area contributed by atoms with E-state index in [1.54, 1.807) is 0 Å². The Hall–Kier alpha value is -3.52. The lowest BCUT2D eigenvalue weighted by atomic mass is 10.1. The summed E-state index contributed by atoms with van der Waals surface area (Å²) in [4.78, 5) is 16.3. The number of benzene rings is 1. The highest BCUT2D eigenvalue weighted by Crippen LogP contribution is 2.37. The average Bonchev–Trinajstić information content (AvgIpc) is 2.71. The summed E-state index contributed by atoms with van der Waals surface area (Å²) >= 11 is 0. The van der Waals surface area contributed by atoms with Crippen LogP contribution >= 0.6 is 0 Å². The molecule has 1 saturated heterocycles. The van der Waals surface area contributed by atoms with Gasteiger partial charge in [0, 0.05) is 44.5 Å². The quantitative estimate of drug-likeness (QED) is 0.647. The fraction of sp³-hybridized carbons (Fsp3) is 0.300. The van der Waals surface area contributed by atoms with E-state index in [0.717, 1.165) is 12.3 Å². The van der Waals surface area contributed by atoms with Gasteiger partial charge in [-0.25, -0.2) is 22.6 Å². The number of sulfone groups is 1. The van der Waals surface area contributed by atoms with Crippen LogP contribution in [0, 0.1) is 18.3 Å². The number of piperidine rings is 1. The molecular weight excluding hydrogens is 429 g/mol. The molecular formula is C20H20FN3O6S. The van der Waals surface area contributed by atoms with Crippen LogP contribution in [0.25, 0.3) is 0 Å². The second-order valence-electron chi connectivity index (χ2n) is 6.83. The Morgan fingerprint density at radius 3 is 2.65 bits per heavy atom. The second-order valence-corrected chi connectivity index (χ2v) is 8.85. The Kier molecular flexibility index (Phi) is 6.50. The van der Waals surface area contributed by atoms with Crippen LogP contribution in [0.5, 0.6) is 11.5 Å². The van der Waals surface area contributed by atoms with Crippen molar-refractivity contribution in [2.75, 3.05) is 24.7 Å². The van der Waals surface area contributed by atoms with E-state index in [1.165, 1.54) is 29.3 Å². The highest BCUT2D eigenvalue weighted by molar-refractivity contribution is 7.90. The van der Waals surface area contributed by atoms with E-state index in [9.17, 15) is 17.6 Å². The number of aromatic nitrogens is 1. The van der Waals surface area contributed by atoms with Gasteiger partial charge in [-0.1, -0.05) is 6.42 Å². The fourth-order valence-corrected chi connectivity index (χ4v) is 3.70. The minimum Gasteiger partial charge on any atom is -0.486 e. The highest BCUT2D eigenvalue weighted by Gasteiger charge is 2.25. The minimum atomic E-state index is -3.56. The maximum atomic E-state index is 14.4. The third-order valence-electron chi connectivity index (χ3n) is 4.66. The monoisotopic (exact) mass is 449 g/mol. The van der Waals surface area contributed by atoms with Gasteiger partial charge in [-0.15, -0.1) is 0 Å². The predicted molar refractivity (Wildman–Crippen MR) is 110 cm³/mol. The van der Waals surface area contributed by atoms with Crippen molar-refractivity contribution < 1.29 is 32.2 Å². The number of carboxylic acid groups (broad SMARTS) is 1. The molecule has 0 bridgehead atoms. The molecule has 1 aromatic carbocycles. The number of likely N-dealkylation sites (tertiary alicyclic amines) is 1. The van der Waals surface area contributed by atoms with Gasteiger partial charge >= 0.3 is 6.09 Å². The van der Waals surface area contributed by atoms with Gasteiger partial charge < -0.3 is 24.8 Å². The molecule has 0 spiro atoms. The summed E-state index contributed by atoms with van der Waals surface area (Å²) in [7, 11) is -3.56. The number of hydrogen-bond acceptors (Lipinski definition) is 7. The van der Waals surface area contributed by atoms with E-state index < -0.39 is 21.7 Å². The summed E-state index contributed by atoms with van der Waals surface area (Å²) in [5.74, 6) is -0.414. The number of terminal acetylenes is 1. The van der Waals surface area contributed by atoms with Crippen molar-refractivity contribution in [3.05, 3.63) is 36.3 Å². The van der Waals surface area contributed by atoms with E-state index in [-0.39, 0.29) is 34.0 Å². The van der Waals surface area contributed by atoms with Crippen molar-refractivity contribution in [2.45, 2.75) is 23.8 Å². The summed E-state index contributed by atoms with van der Waals surface area (Å²) in [6.07, 6.45) is 9.43. The number of anilines is 2. The first kappa shape index (κ1) is 22.2. The molecule has 0 aliphatic carbocycles. The standard InChI is InChI=1S/C20H20FN3O6S/c1-3-29-18-17(30-13-7-10-24(11-8-13)20(25)26)6-9-22-19(18)23-16-5-4-14(12-15(16)21)31(2,27)28/h1,4-6,9,12-13H,7-8,10-11H2,2H3,(H,22,23)(H,25,26). The number of carbonyl (C=O) groups is 1. The van der Waals surface area contributed by atoms with Crippen molar-refractivity contribution in [3.63, 3.8) is 0 Å². The number of halogens is 1. The van der Waals surface area contributed by atoms with Crippen LogP contribution < -0.4 is 14.8 Å². The predicted octanol–water partition coefficient (Wildman–Crippen LogP) is 2.86. The van der Waals surface area contributed by atoms with Crippen LogP contribution in [-0.4, -0.2) is 55.0 Å². The van der Waals surface area contributed by atoms with Crippen LogP contribution in [0.2, 0.25) is 0 Å². The normalized spacial score (nSPS) is 14.5. The molecule has 2 aromatic rings. The molecule has 2 heterocycles. The first-order chi connectivity index (χ1) is 14.7. The number of ether oxygens (including phenoxy) is 2. The van der Waals surface area contributed by atoms with Crippen LogP contribution in [0.3, 0.4) is 0 Å². The van der Waals surface area contributed by atoms with Gasteiger partial charge in [-0.3, -0.25) is 0 Å². The lowest BCUT2D eigenvalue weighted by molar-refractivity contribution is 0.0882. The van der Waals surface area contributed by atoms with E-state index in [1.807, 2.05) is 6.11 Å². The van der Waals surface area contributed by atoms with Crippen molar-refractivity contribution in [1.82, 2.24) is 9.88 Å². The Balaban J connectivity index is 1.82. The number of pyridine rings is 1. The molecule has 1 aromatic heterocycles. The van der Waals surface area contributed by atoms with E-state index in [0.29, 0.717) is 25.9 Å². The Morgan fingerprint density at radius 2 is 2.06 bits per heavy atom.